The van der Waals surface area contributed by atoms with Crippen LogP contribution in [0.1, 0.15) is 38.5 Å². The van der Waals surface area contributed by atoms with Crippen LogP contribution in [0.25, 0.3) is 10.9 Å². The average Bonchev–Trinajstić information content (AvgIpc) is 3.54. The fraction of sp³-hybridized carbons (Fsp3) is 0.536. The van der Waals surface area contributed by atoms with Crippen molar-refractivity contribution >= 4 is 28.6 Å². The van der Waals surface area contributed by atoms with Crippen molar-refractivity contribution in [2.45, 2.75) is 50.7 Å². The van der Waals surface area contributed by atoms with Gasteiger partial charge < -0.3 is 29.3 Å². The number of hydrogen-bond donors (Lipinski definition) is 1. The molecule has 3 aromatic heterocycles. The number of anilines is 2. The topological polar surface area (TPSA) is 115 Å². The van der Waals surface area contributed by atoms with Crippen molar-refractivity contribution in [2.75, 3.05) is 56.2 Å². The summed E-state index contributed by atoms with van der Waals surface area (Å²) in [6.45, 7) is 4.69. The van der Waals surface area contributed by atoms with Crippen molar-refractivity contribution in [3.05, 3.63) is 36.8 Å². The molecule has 0 radical (unpaired) electrons. The molecule has 1 aliphatic carbocycles. The van der Waals surface area contributed by atoms with Crippen LogP contribution in [0.5, 0.6) is 11.6 Å². The van der Waals surface area contributed by atoms with Crippen molar-refractivity contribution in [1.29, 1.82) is 0 Å². The first-order chi connectivity index (χ1) is 19.2. The largest absolute Gasteiger partial charge is 0.481 e. The van der Waals surface area contributed by atoms with Gasteiger partial charge in [0.25, 0.3) is 5.91 Å². The number of aromatic nitrogens is 4. The highest BCUT2D eigenvalue weighted by molar-refractivity contribution is 5.85. The van der Waals surface area contributed by atoms with Gasteiger partial charge in [0.15, 0.2) is 12.4 Å². The average molecular weight is 534 g/mol. The van der Waals surface area contributed by atoms with Crippen LogP contribution < -0.4 is 19.7 Å². The molecule has 6 rings (SSSR count). The van der Waals surface area contributed by atoms with Crippen LogP contribution in [0.15, 0.2) is 36.8 Å². The number of nitrogens with one attached hydrogen (secondary N) is 1. The van der Waals surface area contributed by atoms with E-state index in [-0.39, 0.29) is 24.7 Å². The van der Waals surface area contributed by atoms with E-state index in [9.17, 15) is 4.79 Å². The summed E-state index contributed by atoms with van der Waals surface area (Å²) in [6, 6.07) is 6.25. The number of carbonyl (C=O) groups is 1. The second kappa shape index (κ2) is 12.0. The molecule has 2 aliphatic heterocycles. The molecule has 3 fully saturated rings. The zero-order valence-corrected chi connectivity index (χ0v) is 22.1. The molecule has 0 bridgehead atoms. The number of ether oxygens (including phenoxy) is 3. The van der Waals surface area contributed by atoms with E-state index in [2.05, 4.69) is 25.2 Å². The molecule has 0 atom stereocenters. The molecule has 3 aromatic rings. The second-order valence-electron chi connectivity index (χ2n) is 10.3. The maximum atomic E-state index is 12.2. The molecule has 11 heteroatoms. The molecule has 0 aromatic carbocycles. The SMILES string of the molecule is O=C(COc1cnc(NC2CCC(Oc3nc(N4CCOCC4)cc4ncccc34)CC2)nc1)N1CCCC1. The maximum Gasteiger partial charge on any atom is 0.260 e. The number of amides is 1. The predicted octanol–water partition coefficient (Wildman–Crippen LogP) is 3.06. The van der Waals surface area contributed by atoms with E-state index in [4.69, 9.17) is 19.2 Å². The third kappa shape index (κ3) is 6.30. The predicted molar refractivity (Wildman–Crippen MR) is 146 cm³/mol. The van der Waals surface area contributed by atoms with Gasteiger partial charge in [-0.2, -0.15) is 4.98 Å². The van der Waals surface area contributed by atoms with E-state index < -0.39 is 0 Å². The zero-order chi connectivity index (χ0) is 26.4. The summed E-state index contributed by atoms with van der Waals surface area (Å²) in [5.41, 5.74) is 0.893. The van der Waals surface area contributed by atoms with Crippen molar-refractivity contribution in [3.63, 3.8) is 0 Å². The number of fused-ring (bicyclic) bond motifs is 1. The van der Waals surface area contributed by atoms with Gasteiger partial charge in [-0.1, -0.05) is 0 Å². The van der Waals surface area contributed by atoms with Gasteiger partial charge in [-0.05, 0) is 50.7 Å². The number of rotatable bonds is 8. The molecule has 2 saturated heterocycles. The Morgan fingerprint density at radius 1 is 1.03 bits per heavy atom. The number of morpholine rings is 1. The molecular formula is C28H35N7O4. The molecule has 1 N–H and O–H groups in total. The molecule has 206 valence electrons. The van der Waals surface area contributed by atoms with Gasteiger partial charge in [0.2, 0.25) is 11.8 Å². The Hall–Kier alpha value is -3.73. The van der Waals surface area contributed by atoms with Gasteiger partial charge in [0, 0.05) is 44.5 Å². The zero-order valence-electron chi connectivity index (χ0n) is 22.1. The number of nitrogens with zero attached hydrogens (tertiary/aromatic N) is 6. The Morgan fingerprint density at radius 3 is 2.56 bits per heavy atom. The van der Waals surface area contributed by atoms with Gasteiger partial charge in [-0.25, -0.2) is 9.97 Å². The third-order valence-corrected chi connectivity index (χ3v) is 7.62. The van der Waals surface area contributed by atoms with Crippen LogP contribution in [0.3, 0.4) is 0 Å². The molecule has 5 heterocycles. The van der Waals surface area contributed by atoms with Gasteiger partial charge in [-0.3, -0.25) is 9.78 Å². The van der Waals surface area contributed by atoms with Crippen molar-refractivity contribution in [1.82, 2.24) is 24.8 Å². The van der Waals surface area contributed by atoms with E-state index in [1.165, 1.54) is 0 Å². The molecule has 0 spiro atoms. The van der Waals surface area contributed by atoms with Gasteiger partial charge >= 0.3 is 0 Å². The first kappa shape index (κ1) is 25.5. The molecule has 3 aliphatic rings. The van der Waals surface area contributed by atoms with Crippen LogP contribution >= 0.6 is 0 Å². The monoisotopic (exact) mass is 533 g/mol. The van der Waals surface area contributed by atoms with E-state index in [0.717, 1.165) is 81.4 Å². The first-order valence-electron chi connectivity index (χ1n) is 14.0. The van der Waals surface area contributed by atoms with Crippen LogP contribution in [0.4, 0.5) is 11.8 Å². The number of carbonyl (C=O) groups excluding carboxylic acids is 1. The minimum absolute atomic E-state index is 0.0148. The fourth-order valence-electron chi connectivity index (χ4n) is 5.41. The number of likely N-dealkylation sites (tertiary alicyclic amines) is 1. The van der Waals surface area contributed by atoms with Gasteiger partial charge in [-0.15, -0.1) is 0 Å². The minimum Gasteiger partial charge on any atom is -0.481 e. The lowest BCUT2D eigenvalue weighted by Gasteiger charge is -2.31. The molecule has 11 nitrogen and oxygen atoms in total. The van der Waals surface area contributed by atoms with E-state index in [0.29, 0.717) is 30.8 Å². The fourth-order valence-corrected chi connectivity index (χ4v) is 5.41. The lowest BCUT2D eigenvalue weighted by atomic mass is 9.93. The standard InChI is InChI=1S/C28H35N7O4/c36-26(35-10-1-2-11-35)19-38-22-17-30-28(31-18-22)32-20-5-7-21(8-6-20)39-27-23-4-3-9-29-24(23)16-25(33-27)34-12-14-37-15-13-34/h3-4,9,16-18,20-21H,1-2,5-8,10-15,19H2,(H,30,31,32). The van der Waals surface area contributed by atoms with E-state index in [1.807, 2.05) is 23.1 Å². The van der Waals surface area contributed by atoms with Crippen molar-refractivity contribution in [3.8, 4) is 11.6 Å². The smallest absolute Gasteiger partial charge is 0.260 e. The summed E-state index contributed by atoms with van der Waals surface area (Å²) in [7, 11) is 0. The van der Waals surface area contributed by atoms with Gasteiger partial charge in [0.1, 0.15) is 11.9 Å². The summed E-state index contributed by atoms with van der Waals surface area (Å²) < 4.78 is 17.6. The van der Waals surface area contributed by atoms with Crippen LogP contribution in [-0.2, 0) is 9.53 Å². The number of hydrogen-bond acceptors (Lipinski definition) is 10. The molecule has 1 saturated carbocycles. The summed E-state index contributed by atoms with van der Waals surface area (Å²) >= 11 is 0. The third-order valence-electron chi connectivity index (χ3n) is 7.62. The van der Waals surface area contributed by atoms with Crippen LogP contribution in [-0.4, -0.2) is 88.9 Å². The van der Waals surface area contributed by atoms with Gasteiger partial charge in [0.05, 0.1) is 36.5 Å². The van der Waals surface area contributed by atoms with Crippen molar-refractivity contribution < 1.29 is 19.0 Å². The summed E-state index contributed by atoms with van der Waals surface area (Å²) in [6.07, 6.45) is 11.0. The molecule has 39 heavy (non-hydrogen) atoms. The Kier molecular flexibility index (Phi) is 7.85. The lowest BCUT2D eigenvalue weighted by Crippen LogP contribution is -2.37. The Balaban J connectivity index is 1.01. The number of pyridine rings is 2. The Bertz CT molecular complexity index is 1250. The van der Waals surface area contributed by atoms with Crippen LogP contribution in [0.2, 0.25) is 0 Å². The Morgan fingerprint density at radius 2 is 1.79 bits per heavy atom. The quantitative estimate of drug-likeness (QED) is 0.463. The summed E-state index contributed by atoms with van der Waals surface area (Å²) in [5.74, 6) is 2.62. The van der Waals surface area contributed by atoms with Crippen LogP contribution in [0, 0.1) is 0 Å². The minimum atomic E-state index is 0.0148. The van der Waals surface area contributed by atoms with Crippen molar-refractivity contribution in [2.24, 2.45) is 0 Å². The van der Waals surface area contributed by atoms with E-state index >= 15 is 0 Å². The molecule has 0 unspecified atom stereocenters. The maximum absolute atomic E-state index is 12.2. The normalized spacial score (nSPS) is 21.6. The lowest BCUT2D eigenvalue weighted by molar-refractivity contribution is -0.132. The summed E-state index contributed by atoms with van der Waals surface area (Å²) in [4.78, 5) is 34.5. The highest BCUT2D eigenvalue weighted by atomic mass is 16.5. The highest BCUT2D eigenvalue weighted by Crippen LogP contribution is 2.31. The summed E-state index contributed by atoms with van der Waals surface area (Å²) in [5, 5.41) is 4.37. The molecule has 1 amide bonds. The highest BCUT2D eigenvalue weighted by Gasteiger charge is 2.25. The first-order valence-corrected chi connectivity index (χ1v) is 14.0. The Labute approximate surface area is 227 Å². The second-order valence-corrected chi connectivity index (χ2v) is 10.3. The van der Waals surface area contributed by atoms with E-state index in [1.54, 1.807) is 18.6 Å². The molecular weight excluding hydrogens is 498 g/mol.